The molecule has 8 rings (SSSR count). The van der Waals surface area contributed by atoms with Gasteiger partial charge in [-0.05, 0) is 74.4 Å². The van der Waals surface area contributed by atoms with Crippen LogP contribution >= 0.6 is 15.9 Å². The van der Waals surface area contributed by atoms with E-state index in [4.69, 9.17) is 9.72 Å². The Bertz CT molecular complexity index is 2880. The molecule has 0 saturated heterocycles. The van der Waals surface area contributed by atoms with Crippen LogP contribution in [0.1, 0.15) is 41.7 Å². The lowest BCUT2D eigenvalue weighted by Crippen LogP contribution is -2.29. The molecule has 12 nitrogen and oxygen atoms in total. The molecule has 4 heterocycles. The fraction of sp³-hybridized carbons (Fsp3) is 0.211. The van der Waals surface area contributed by atoms with E-state index in [0.29, 0.717) is 11.1 Å². The maximum Gasteiger partial charge on any atom is 0.268 e. The number of fused-ring (bicyclic) bond motifs is 10. The molecule has 3 aromatic heterocycles. The molecule has 0 fully saturated rings. The van der Waals surface area contributed by atoms with Crippen molar-refractivity contribution in [2.24, 2.45) is 7.05 Å². The fourth-order valence-electron chi connectivity index (χ4n) is 6.85. The van der Waals surface area contributed by atoms with E-state index >= 15 is 8.78 Å². The minimum Gasteiger partial charge on any atom is -0.454 e. The second kappa shape index (κ2) is 13.5. The molecule has 1 aliphatic rings. The molecule has 0 radical (unpaired) electrons. The third-order valence-electron chi connectivity index (χ3n) is 10.0. The molecule has 0 N–H and O–H groups in total. The average Bonchev–Trinajstić information content (AvgIpc) is 3.86. The van der Waals surface area contributed by atoms with Gasteiger partial charge in [-0.2, -0.15) is 5.10 Å². The van der Waals surface area contributed by atoms with E-state index in [1.54, 1.807) is 32.2 Å². The highest BCUT2D eigenvalue weighted by atomic mass is 79.9. The standard InChI is InChI=1S/C38H32BrF2N7O5S2/c1-23-33-22-54(49,50)17-15-38(2,24-8-7-9-25(39)18-24)37-42-36(46(3)44-37)29-19-26(12-13-31(29)40)53-35-30(21-47(23)45-43-33)28-14-16-48(34(28)20-32(35)41)55(51,52)27-10-5-4-6-11-27/h4-14,16,18-20H,15,17,21-22H2,1-3H3. The maximum atomic E-state index is 16.5. The van der Waals surface area contributed by atoms with Crippen LogP contribution < -0.4 is 4.74 Å². The van der Waals surface area contributed by atoms with E-state index in [0.717, 1.165) is 20.1 Å². The first kappa shape index (κ1) is 36.7. The first-order valence-electron chi connectivity index (χ1n) is 17.0. The van der Waals surface area contributed by atoms with Crippen molar-refractivity contribution in [3.05, 3.63) is 136 Å². The highest BCUT2D eigenvalue weighted by molar-refractivity contribution is 9.10. The van der Waals surface area contributed by atoms with Gasteiger partial charge < -0.3 is 4.74 Å². The molecular formula is C38H32BrF2N7O5S2. The van der Waals surface area contributed by atoms with Crippen molar-refractivity contribution in [1.82, 2.24) is 33.7 Å². The lowest BCUT2D eigenvalue weighted by atomic mass is 9.79. The Balaban J connectivity index is 1.34. The Labute approximate surface area is 323 Å². The van der Waals surface area contributed by atoms with Crippen LogP contribution in [-0.2, 0) is 44.6 Å². The predicted octanol–water partition coefficient (Wildman–Crippen LogP) is 7.08. The van der Waals surface area contributed by atoms with E-state index in [1.165, 1.54) is 52.0 Å². The third kappa shape index (κ3) is 6.53. The van der Waals surface area contributed by atoms with Crippen molar-refractivity contribution in [3.8, 4) is 22.9 Å². The number of rotatable bonds is 3. The Morgan fingerprint density at radius 1 is 0.964 bits per heavy atom. The van der Waals surface area contributed by atoms with Gasteiger partial charge in [-0.15, -0.1) is 5.10 Å². The zero-order chi connectivity index (χ0) is 38.9. The van der Waals surface area contributed by atoms with Gasteiger partial charge in [0.25, 0.3) is 10.0 Å². The van der Waals surface area contributed by atoms with E-state index in [2.05, 4.69) is 31.3 Å². The number of hydrogen-bond acceptors (Lipinski definition) is 9. The molecule has 1 atom stereocenters. The zero-order valence-corrected chi connectivity index (χ0v) is 32.8. The topological polar surface area (TPSA) is 144 Å². The van der Waals surface area contributed by atoms with Gasteiger partial charge in [-0.25, -0.2) is 43.9 Å². The SMILES string of the molecule is Cc1c2nnn1Cc1c(c(F)cc3c1ccn3S(=O)(=O)c1ccccc1)Oc1ccc(F)c(c1)-c1nc(nn1C)C(C)(c1cccc(Br)c1)CCS(=O)(=O)C2. The van der Waals surface area contributed by atoms with Gasteiger partial charge in [0, 0.05) is 34.7 Å². The number of aryl methyl sites for hydroxylation is 1. The van der Waals surface area contributed by atoms with Crippen LogP contribution in [0.5, 0.6) is 11.5 Å². The molecule has 0 aliphatic carbocycles. The number of ether oxygens (including phenoxy) is 1. The van der Waals surface area contributed by atoms with Gasteiger partial charge in [-0.3, -0.25) is 0 Å². The second-order valence-electron chi connectivity index (χ2n) is 13.6. The number of aromatic nitrogens is 7. The quantitative estimate of drug-likeness (QED) is 0.182. The Kier molecular flexibility index (Phi) is 9.00. The number of nitrogens with zero attached hydrogens (tertiary/aromatic N) is 7. The monoisotopic (exact) mass is 847 g/mol. The van der Waals surface area contributed by atoms with Crippen LogP contribution in [0, 0.1) is 18.6 Å². The van der Waals surface area contributed by atoms with Crippen molar-refractivity contribution < 1.29 is 30.4 Å². The average molecular weight is 849 g/mol. The van der Waals surface area contributed by atoms with E-state index < -0.39 is 42.7 Å². The van der Waals surface area contributed by atoms with Gasteiger partial charge in [0.2, 0.25) is 0 Å². The molecule has 0 saturated carbocycles. The summed E-state index contributed by atoms with van der Waals surface area (Å²) in [5.41, 5.74) is 0.540. The predicted molar refractivity (Wildman–Crippen MR) is 204 cm³/mol. The first-order valence-corrected chi connectivity index (χ1v) is 21.1. The zero-order valence-electron chi connectivity index (χ0n) is 29.6. The summed E-state index contributed by atoms with van der Waals surface area (Å²) in [5, 5.41) is 13.5. The summed E-state index contributed by atoms with van der Waals surface area (Å²) in [6.07, 6.45) is 1.41. The normalized spacial score (nSPS) is 17.3. The Hall–Kier alpha value is -5.26. The van der Waals surface area contributed by atoms with Crippen LogP contribution in [0.4, 0.5) is 8.78 Å². The lowest BCUT2D eigenvalue weighted by Gasteiger charge is -2.27. The molecule has 0 spiro atoms. The van der Waals surface area contributed by atoms with Crippen molar-refractivity contribution in [3.63, 3.8) is 0 Å². The van der Waals surface area contributed by atoms with Gasteiger partial charge in [0.15, 0.2) is 33.1 Å². The lowest BCUT2D eigenvalue weighted by molar-refractivity contribution is 0.433. The largest absolute Gasteiger partial charge is 0.454 e. The molecule has 6 bridgehead atoms. The van der Waals surface area contributed by atoms with Crippen molar-refractivity contribution in [2.45, 2.75) is 42.9 Å². The molecule has 0 amide bonds. The van der Waals surface area contributed by atoms with Crippen LogP contribution in [0.15, 0.2) is 100 Å². The van der Waals surface area contributed by atoms with E-state index in [1.807, 2.05) is 31.2 Å². The summed E-state index contributed by atoms with van der Waals surface area (Å²) >= 11 is 3.52. The number of halogens is 3. The minimum atomic E-state index is -4.15. The van der Waals surface area contributed by atoms with Crippen molar-refractivity contribution >= 4 is 46.7 Å². The summed E-state index contributed by atoms with van der Waals surface area (Å²) in [7, 11) is -6.37. The molecule has 7 aromatic rings. The summed E-state index contributed by atoms with van der Waals surface area (Å²) in [6.45, 7) is 3.32. The maximum absolute atomic E-state index is 16.5. The number of sulfone groups is 1. The van der Waals surface area contributed by atoms with Crippen LogP contribution in [-0.4, -0.2) is 56.3 Å². The van der Waals surface area contributed by atoms with Crippen LogP contribution in [0.2, 0.25) is 0 Å². The highest BCUT2D eigenvalue weighted by Gasteiger charge is 2.37. The van der Waals surface area contributed by atoms with Gasteiger partial charge >= 0.3 is 0 Å². The Morgan fingerprint density at radius 3 is 2.51 bits per heavy atom. The third-order valence-corrected chi connectivity index (χ3v) is 13.8. The summed E-state index contributed by atoms with van der Waals surface area (Å²) in [6, 6.07) is 21.6. The number of benzene rings is 4. The van der Waals surface area contributed by atoms with Crippen molar-refractivity contribution in [2.75, 3.05) is 5.75 Å². The van der Waals surface area contributed by atoms with Crippen LogP contribution in [0.3, 0.4) is 0 Å². The molecule has 1 aliphatic heterocycles. The summed E-state index contributed by atoms with van der Waals surface area (Å²) in [5.74, 6) is -2.08. The number of hydrogen-bond donors (Lipinski definition) is 0. The molecule has 17 heteroatoms. The molecule has 1 unspecified atom stereocenters. The summed E-state index contributed by atoms with van der Waals surface area (Å²) in [4.78, 5) is 4.78. The van der Waals surface area contributed by atoms with E-state index in [9.17, 15) is 16.8 Å². The smallest absolute Gasteiger partial charge is 0.268 e. The fourth-order valence-corrected chi connectivity index (χ4v) is 10.2. The van der Waals surface area contributed by atoms with Crippen LogP contribution in [0.25, 0.3) is 22.3 Å². The molecule has 55 heavy (non-hydrogen) atoms. The molecule has 282 valence electrons. The van der Waals surface area contributed by atoms with Gasteiger partial charge in [0.1, 0.15) is 17.3 Å². The van der Waals surface area contributed by atoms with Gasteiger partial charge in [0.05, 0.1) is 45.1 Å². The second-order valence-corrected chi connectivity index (χ2v) is 18.5. The molecule has 4 aromatic carbocycles. The molecular weight excluding hydrogens is 816 g/mol. The van der Waals surface area contributed by atoms with Gasteiger partial charge in [-0.1, -0.05) is 51.5 Å². The summed E-state index contributed by atoms with van der Waals surface area (Å²) < 4.78 is 98.1. The Morgan fingerprint density at radius 2 is 1.75 bits per heavy atom. The highest BCUT2D eigenvalue weighted by Crippen LogP contribution is 2.40. The van der Waals surface area contributed by atoms with E-state index in [-0.39, 0.29) is 69.1 Å². The first-order chi connectivity index (χ1) is 26.1. The van der Waals surface area contributed by atoms with Crippen molar-refractivity contribution in [1.29, 1.82) is 0 Å². The minimum absolute atomic E-state index is 0.00337.